The van der Waals surface area contributed by atoms with E-state index in [1.165, 1.54) is 64.2 Å². The standard InChI is InChI=1S/C26H48N2O9S.C4H6O4.4Na/c1-2-3-4-5-6-7-8-9-10-11-12-13-14-15-16-17-18-28(21(26(33)34)19-24(30)31)25(32)22(20-23(27)29)38(35,36)37;5-3(6)1-2-4(7)8;;;;/h21-22H,2-20H2,1H3,(H2,27,29)(H,30,31)(H,33,34)(H,35,36,37);1-2H2,(H,5,6)(H,7,8);;;;. The Morgan fingerprint density at radius 1 is 0.580 bits per heavy atom. The van der Waals surface area contributed by atoms with Gasteiger partial charge in [-0.05, 0) is 6.42 Å². The molecule has 272 valence electrons. The fraction of sp³-hybridized carbons (Fsp3) is 0.800. The minimum Gasteiger partial charge on any atom is -0.481 e. The van der Waals surface area contributed by atoms with Crippen molar-refractivity contribution in [2.75, 3.05) is 6.54 Å². The fourth-order valence-corrected chi connectivity index (χ4v) is 5.41. The summed E-state index contributed by atoms with van der Waals surface area (Å²) >= 11 is 0. The minimum absolute atomic E-state index is 0. The van der Waals surface area contributed by atoms with Gasteiger partial charge in [-0.25, -0.2) is 4.79 Å². The van der Waals surface area contributed by atoms with Crippen molar-refractivity contribution in [2.24, 2.45) is 5.73 Å². The molecule has 50 heavy (non-hydrogen) atoms. The van der Waals surface area contributed by atoms with E-state index in [0.717, 1.165) is 25.7 Å². The Hall–Kier alpha value is 0.730. The molecule has 2 atom stereocenters. The molecule has 0 aromatic carbocycles. The van der Waals surface area contributed by atoms with Crippen molar-refractivity contribution in [3.8, 4) is 0 Å². The van der Waals surface area contributed by atoms with Crippen LogP contribution in [0.3, 0.4) is 0 Å². The Morgan fingerprint density at radius 3 is 1.18 bits per heavy atom. The molecule has 0 aromatic rings. The number of nitrogens with two attached hydrogens (primary N) is 1. The van der Waals surface area contributed by atoms with Gasteiger partial charge in [-0.1, -0.05) is 103 Å². The molecule has 0 spiro atoms. The predicted molar refractivity (Wildman–Crippen MR) is 192 cm³/mol. The number of hydrogen-bond acceptors (Lipinski definition) is 8. The van der Waals surface area contributed by atoms with Gasteiger partial charge in [-0.2, -0.15) is 8.42 Å². The molecule has 0 fully saturated rings. The number of amides is 2. The summed E-state index contributed by atoms with van der Waals surface area (Å²) in [6.45, 7) is 1.99. The summed E-state index contributed by atoms with van der Waals surface area (Å²) in [5, 5.41) is 32.1. The van der Waals surface area contributed by atoms with Crippen LogP contribution in [0.15, 0.2) is 0 Å². The molecule has 0 aliphatic heterocycles. The third-order valence-corrected chi connectivity index (χ3v) is 8.23. The van der Waals surface area contributed by atoms with E-state index in [1.54, 1.807) is 0 Å². The molecular weight excluding hydrogens is 720 g/mol. The summed E-state index contributed by atoms with van der Waals surface area (Å²) in [6.07, 6.45) is 15.2. The van der Waals surface area contributed by atoms with Crippen molar-refractivity contribution in [3.63, 3.8) is 0 Å². The van der Waals surface area contributed by atoms with Gasteiger partial charge >= 0.3 is 23.9 Å². The van der Waals surface area contributed by atoms with Gasteiger partial charge in [0.15, 0.2) is 5.25 Å². The van der Waals surface area contributed by atoms with Crippen LogP contribution in [-0.4, -0.2) is 210 Å². The maximum atomic E-state index is 12.9. The third kappa shape index (κ3) is 38.5. The van der Waals surface area contributed by atoms with Gasteiger partial charge in [0.2, 0.25) is 11.8 Å². The van der Waals surface area contributed by atoms with Gasteiger partial charge < -0.3 is 31.1 Å². The molecule has 0 bridgehead atoms. The zero-order chi connectivity index (χ0) is 35.5. The molecule has 2 unspecified atom stereocenters. The average Bonchev–Trinajstić information content (AvgIpc) is 2.94. The number of carboxylic acids is 4. The first-order chi connectivity index (χ1) is 21.5. The van der Waals surface area contributed by atoms with Crippen molar-refractivity contribution in [3.05, 3.63) is 0 Å². The number of nitrogens with zero attached hydrogens (tertiary/aromatic N) is 1. The Balaban J connectivity index is -0.000000357. The predicted octanol–water partition coefficient (Wildman–Crippen LogP) is 2.55. The van der Waals surface area contributed by atoms with E-state index in [1.807, 2.05) is 0 Å². The first kappa shape index (κ1) is 62.7. The third-order valence-electron chi connectivity index (χ3n) is 7.14. The van der Waals surface area contributed by atoms with Gasteiger partial charge in [-0.3, -0.25) is 28.5 Å². The summed E-state index contributed by atoms with van der Waals surface area (Å²) in [4.78, 5) is 66.9. The van der Waals surface area contributed by atoms with Gasteiger partial charge in [0.25, 0.3) is 10.1 Å². The van der Waals surface area contributed by atoms with Crippen LogP contribution in [0.4, 0.5) is 0 Å². The van der Waals surface area contributed by atoms with E-state index in [0.29, 0.717) is 17.7 Å². The van der Waals surface area contributed by atoms with E-state index < -0.39 is 69.9 Å². The topological polar surface area (TPSA) is 267 Å². The van der Waals surface area contributed by atoms with E-state index in [2.05, 4.69) is 6.92 Å². The number of rotatable bonds is 28. The molecule has 0 aliphatic rings. The molecule has 0 saturated carbocycles. The monoisotopic (exact) mass is 774 g/mol. The average molecular weight is 775 g/mol. The van der Waals surface area contributed by atoms with E-state index >= 15 is 0 Å². The van der Waals surface area contributed by atoms with E-state index in [9.17, 15) is 46.8 Å². The SMILES string of the molecule is CCCCCCCCCCCCCCCCCCN(C(=O)C(CC(N)=O)S(=O)(=O)O)C(CC(=O)O)C(=O)O.O=C(O)CCC(=O)O.[Na].[Na].[Na].[Na]. The number of unbranched alkanes of at least 4 members (excludes halogenated alkanes) is 15. The molecule has 0 saturated heterocycles. The zero-order valence-corrected chi connectivity index (χ0v) is 39.8. The number of aliphatic carboxylic acids is 4. The number of carbonyl (C=O) groups is 6. The van der Waals surface area contributed by atoms with Crippen molar-refractivity contribution in [1.82, 2.24) is 4.90 Å². The van der Waals surface area contributed by atoms with Gasteiger partial charge in [0, 0.05) is 125 Å². The summed E-state index contributed by atoms with van der Waals surface area (Å²) in [5.74, 6) is -7.83. The van der Waals surface area contributed by atoms with Gasteiger partial charge in [-0.15, -0.1) is 0 Å². The number of carbonyl (C=O) groups excluding carboxylic acids is 2. The largest absolute Gasteiger partial charge is 0.481 e. The van der Waals surface area contributed by atoms with Crippen LogP contribution in [0.2, 0.25) is 0 Å². The maximum Gasteiger partial charge on any atom is 0.327 e. The quantitative estimate of drug-likeness (QED) is 0.0380. The Bertz CT molecular complexity index is 1040. The van der Waals surface area contributed by atoms with Crippen molar-refractivity contribution < 1.29 is 62.2 Å². The van der Waals surface area contributed by atoms with E-state index in [4.69, 9.17) is 21.1 Å². The first-order valence-electron chi connectivity index (χ1n) is 16.0. The van der Waals surface area contributed by atoms with Crippen molar-refractivity contribution in [1.29, 1.82) is 0 Å². The molecule has 20 heteroatoms. The number of carboxylic acid groups (broad SMARTS) is 4. The number of hydrogen-bond donors (Lipinski definition) is 6. The van der Waals surface area contributed by atoms with Crippen LogP contribution in [0.1, 0.15) is 135 Å². The maximum absolute atomic E-state index is 12.9. The van der Waals surface area contributed by atoms with Crippen molar-refractivity contribution >= 4 is 164 Å². The second kappa shape index (κ2) is 39.4. The molecule has 15 nitrogen and oxygen atoms in total. The second-order valence-corrected chi connectivity index (χ2v) is 12.8. The van der Waals surface area contributed by atoms with Gasteiger partial charge in [0.05, 0.1) is 25.7 Å². The molecule has 4 radical (unpaired) electrons. The van der Waals surface area contributed by atoms with Crippen LogP contribution in [-0.2, 0) is 38.9 Å². The summed E-state index contributed by atoms with van der Waals surface area (Å²) in [7, 11) is -5.09. The summed E-state index contributed by atoms with van der Waals surface area (Å²) in [6, 6.07) is -1.85. The molecule has 0 heterocycles. The molecule has 0 aromatic heterocycles. The smallest absolute Gasteiger partial charge is 0.327 e. The normalized spacial score (nSPS) is 11.3. The van der Waals surface area contributed by atoms with Crippen LogP contribution in [0.25, 0.3) is 0 Å². The molecule has 2 amide bonds. The van der Waals surface area contributed by atoms with Gasteiger partial charge in [0.1, 0.15) is 6.04 Å². The first-order valence-corrected chi connectivity index (χ1v) is 17.5. The van der Waals surface area contributed by atoms with Crippen LogP contribution in [0, 0.1) is 0 Å². The molecule has 7 N–H and O–H groups in total. The van der Waals surface area contributed by atoms with E-state index in [-0.39, 0.29) is 138 Å². The zero-order valence-electron chi connectivity index (χ0n) is 30.9. The summed E-state index contributed by atoms with van der Waals surface area (Å²) < 4.78 is 32.8. The van der Waals surface area contributed by atoms with Crippen LogP contribution in [0.5, 0.6) is 0 Å². The van der Waals surface area contributed by atoms with Crippen LogP contribution < -0.4 is 5.73 Å². The molecular formula is C30H54N2Na4O13S. The van der Waals surface area contributed by atoms with Crippen molar-refractivity contribution in [2.45, 2.75) is 147 Å². The Morgan fingerprint density at radius 2 is 0.920 bits per heavy atom. The number of primary amides is 1. The fourth-order valence-electron chi connectivity index (χ4n) is 4.65. The Kier molecular flexibility index (Phi) is 49.4. The minimum atomic E-state index is -5.09. The van der Waals surface area contributed by atoms with Crippen LogP contribution >= 0.6 is 0 Å². The molecule has 0 rings (SSSR count). The molecule has 0 aliphatic carbocycles. The second-order valence-electron chi connectivity index (χ2n) is 11.2. The summed E-state index contributed by atoms with van der Waals surface area (Å²) in [5.41, 5.74) is 4.99. The Labute approximate surface area is 385 Å².